The van der Waals surface area contributed by atoms with Crippen LogP contribution >= 0.6 is 0 Å². The molecule has 6 nitrogen and oxygen atoms in total. The fourth-order valence-electron chi connectivity index (χ4n) is 3.76. The zero-order valence-corrected chi connectivity index (χ0v) is 15.7. The number of sulfonamides is 1. The second-order valence-electron chi connectivity index (χ2n) is 7.56. The first-order valence-electron chi connectivity index (χ1n) is 9.26. The fraction of sp³-hybridized carbons (Fsp3) is 0.938. The molecule has 3 rings (SSSR count). The zero-order valence-electron chi connectivity index (χ0n) is 14.9. The molecule has 0 radical (unpaired) electrons. The Bertz CT molecular complexity index is 610. The molecule has 0 atom stereocenters. The van der Waals surface area contributed by atoms with Gasteiger partial charge >= 0.3 is 15.5 Å². The maximum atomic E-state index is 12.6. The summed E-state index contributed by atoms with van der Waals surface area (Å²) in [6.07, 6.45) is 5.87. The first-order chi connectivity index (χ1) is 12.2. The van der Waals surface area contributed by atoms with E-state index in [0.717, 1.165) is 18.4 Å². The van der Waals surface area contributed by atoms with Gasteiger partial charge in [-0.15, -0.1) is 0 Å². The summed E-state index contributed by atoms with van der Waals surface area (Å²) in [6.45, 7) is 0.600. The van der Waals surface area contributed by atoms with Crippen LogP contribution in [-0.4, -0.2) is 56.9 Å². The Morgan fingerprint density at radius 2 is 1.65 bits per heavy atom. The Kier molecular flexibility index (Phi) is 5.72. The van der Waals surface area contributed by atoms with Gasteiger partial charge in [-0.05, 0) is 56.3 Å². The standard InChI is InChI=1S/C16H27F3N4O2S/c1-20-15(21-10-14(11-2-3-11)12-4-5-12)22-13-6-8-23(9-7-13)26(24,25)16(17,18)19/h11-14H,2-10H2,1H3,(H2,20,21,22). The van der Waals surface area contributed by atoms with E-state index >= 15 is 0 Å². The summed E-state index contributed by atoms with van der Waals surface area (Å²) in [7, 11) is -3.56. The van der Waals surface area contributed by atoms with Crippen molar-refractivity contribution in [1.29, 1.82) is 0 Å². The molecule has 150 valence electrons. The smallest absolute Gasteiger partial charge is 0.356 e. The van der Waals surface area contributed by atoms with Crippen molar-refractivity contribution in [2.24, 2.45) is 22.7 Å². The lowest BCUT2D eigenvalue weighted by Crippen LogP contribution is -2.52. The summed E-state index contributed by atoms with van der Waals surface area (Å²) in [6, 6.07) is -0.0822. The Labute approximate surface area is 152 Å². The molecule has 3 fully saturated rings. The Balaban J connectivity index is 1.45. The van der Waals surface area contributed by atoms with Crippen LogP contribution in [0.2, 0.25) is 0 Å². The SMILES string of the molecule is CN=C(NCC(C1CC1)C1CC1)NC1CCN(S(=O)(=O)C(F)(F)F)CC1. The Hall–Kier alpha value is -1.03. The maximum Gasteiger partial charge on any atom is 0.511 e. The third-order valence-electron chi connectivity index (χ3n) is 5.61. The van der Waals surface area contributed by atoms with Gasteiger partial charge in [-0.3, -0.25) is 4.99 Å². The van der Waals surface area contributed by atoms with Gasteiger partial charge < -0.3 is 10.6 Å². The van der Waals surface area contributed by atoms with Crippen LogP contribution in [0.25, 0.3) is 0 Å². The van der Waals surface area contributed by atoms with Crippen LogP contribution in [0.4, 0.5) is 13.2 Å². The number of piperidine rings is 1. The highest BCUT2D eigenvalue weighted by atomic mass is 32.2. The summed E-state index contributed by atoms with van der Waals surface area (Å²) < 4.78 is 61.3. The Morgan fingerprint density at radius 1 is 1.12 bits per heavy atom. The van der Waals surface area contributed by atoms with Crippen molar-refractivity contribution in [2.75, 3.05) is 26.7 Å². The number of aliphatic imine (C=N–C) groups is 1. The number of hydrogen-bond acceptors (Lipinski definition) is 3. The lowest BCUT2D eigenvalue weighted by molar-refractivity contribution is -0.0494. The summed E-state index contributed by atoms with van der Waals surface area (Å²) in [4.78, 5) is 4.20. The van der Waals surface area contributed by atoms with Gasteiger partial charge in [-0.25, -0.2) is 8.42 Å². The van der Waals surface area contributed by atoms with Gasteiger partial charge in [0.1, 0.15) is 0 Å². The molecule has 0 bridgehead atoms. The molecule has 3 aliphatic rings. The summed E-state index contributed by atoms with van der Waals surface area (Å²) in [5.41, 5.74) is -5.23. The first kappa shape index (κ1) is 19.7. The molecule has 26 heavy (non-hydrogen) atoms. The quantitative estimate of drug-likeness (QED) is 0.531. The van der Waals surface area contributed by atoms with Gasteiger partial charge in [0.15, 0.2) is 5.96 Å². The number of hydrogen-bond donors (Lipinski definition) is 2. The van der Waals surface area contributed by atoms with Gasteiger partial charge in [0, 0.05) is 32.7 Å². The number of rotatable bonds is 6. The molecule has 0 spiro atoms. The predicted molar refractivity (Wildman–Crippen MR) is 93.0 cm³/mol. The summed E-state index contributed by atoms with van der Waals surface area (Å²) >= 11 is 0. The molecule has 1 heterocycles. The average Bonchev–Trinajstić information content (AvgIpc) is 3.46. The summed E-state index contributed by atoms with van der Waals surface area (Å²) in [5, 5.41) is 6.58. The zero-order chi connectivity index (χ0) is 18.9. The van der Waals surface area contributed by atoms with Crippen LogP contribution in [0.15, 0.2) is 4.99 Å². The highest BCUT2D eigenvalue weighted by Crippen LogP contribution is 2.48. The third-order valence-corrected chi connectivity index (χ3v) is 7.24. The third kappa shape index (κ3) is 4.62. The van der Waals surface area contributed by atoms with E-state index in [1.807, 2.05) is 0 Å². The van der Waals surface area contributed by atoms with E-state index in [0.29, 0.717) is 29.0 Å². The molecule has 2 aliphatic carbocycles. The average molecular weight is 396 g/mol. The minimum Gasteiger partial charge on any atom is -0.356 e. The molecule has 1 saturated heterocycles. The molecule has 10 heteroatoms. The topological polar surface area (TPSA) is 73.8 Å². The van der Waals surface area contributed by atoms with Crippen molar-refractivity contribution in [2.45, 2.75) is 50.1 Å². The Morgan fingerprint density at radius 3 is 2.08 bits per heavy atom. The number of guanidine groups is 1. The van der Waals surface area contributed by atoms with Gasteiger partial charge in [-0.1, -0.05) is 0 Å². The van der Waals surface area contributed by atoms with Crippen molar-refractivity contribution < 1.29 is 21.6 Å². The van der Waals surface area contributed by atoms with E-state index < -0.39 is 15.5 Å². The largest absolute Gasteiger partial charge is 0.511 e. The molecule has 1 aliphatic heterocycles. The van der Waals surface area contributed by atoms with Gasteiger partial charge in [0.05, 0.1) is 0 Å². The molecule has 0 aromatic carbocycles. The highest BCUT2D eigenvalue weighted by Gasteiger charge is 2.50. The van der Waals surface area contributed by atoms with Crippen LogP contribution in [-0.2, 0) is 10.0 Å². The maximum absolute atomic E-state index is 12.6. The molecule has 0 aromatic rings. The van der Waals surface area contributed by atoms with Crippen LogP contribution in [0.1, 0.15) is 38.5 Å². The van der Waals surface area contributed by atoms with Gasteiger partial charge in [-0.2, -0.15) is 17.5 Å². The van der Waals surface area contributed by atoms with Crippen molar-refractivity contribution in [3.05, 3.63) is 0 Å². The highest BCUT2D eigenvalue weighted by molar-refractivity contribution is 7.90. The van der Waals surface area contributed by atoms with Crippen molar-refractivity contribution in [3.63, 3.8) is 0 Å². The summed E-state index contributed by atoms with van der Waals surface area (Å²) in [5.74, 6) is 2.98. The van der Waals surface area contributed by atoms with Crippen LogP contribution in [0, 0.1) is 17.8 Å². The van der Waals surface area contributed by atoms with E-state index in [2.05, 4.69) is 15.6 Å². The van der Waals surface area contributed by atoms with Crippen molar-refractivity contribution >= 4 is 16.0 Å². The van der Waals surface area contributed by atoms with Gasteiger partial charge in [0.25, 0.3) is 0 Å². The molecule has 0 unspecified atom stereocenters. The normalized spacial score (nSPS) is 24.1. The van der Waals surface area contributed by atoms with Crippen LogP contribution in [0.3, 0.4) is 0 Å². The fourth-order valence-corrected chi connectivity index (χ4v) is 4.74. The lowest BCUT2D eigenvalue weighted by atomic mass is 9.98. The van der Waals surface area contributed by atoms with E-state index in [-0.39, 0.29) is 19.1 Å². The van der Waals surface area contributed by atoms with E-state index in [4.69, 9.17) is 0 Å². The minimum atomic E-state index is -5.23. The molecule has 2 N–H and O–H groups in total. The lowest BCUT2D eigenvalue weighted by Gasteiger charge is -2.32. The van der Waals surface area contributed by atoms with Gasteiger partial charge in [0.2, 0.25) is 0 Å². The molecule has 0 aromatic heterocycles. The molecule has 0 amide bonds. The molecular weight excluding hydrogens is 369 g/mol. The van der Waals surface area contributed by atoms with E-state index in [9.17, 15) is 21.6 Å². The second kappa shape index (κ2) is 7.53. The monoisotopic (exact) mass is 396 g/mol. The molecular formula is C16H27F3N4O2S. The number of halogens is 3. The number of nitrogens with one attached hydrogen (secondary N) is 2. The number of alkyl halides is 3. The minimum absolute atomic E-state index is 0.0822. The van der Waals surface area contributed by atoms with Crippen LogP contribution < -0.4 is 10.6 Å². The van der Waals surface area contributed by atoms with E-state index in [1.165, 1.54) is 25.7 Å². The van der Waals surface area contributed by atoms with E-state index in [1.54, 1.807) is 7.05 Å². The predicted octanol–water partition coefficient (Wildman–Crippen LogP) is 1.90. The van der Waals surface area contributed by atoms with Crippen molar-refractivity contribution in [1.82, 2.24) is 14.9 Å². The second-order valence-corrected chi connectivity index (χ2v) is 9.49. The number of nitrogens with zero attached hydrogens (tertiary/aromatic N) is 2. The van der Waals surface area contributed by atoms with Crippen LogP contribution in [0.5, 0.6) is 0 Å². The first-order valence-corrected chi connectivity index (χ1v) is 10.7. The molecule has 2 saturated carbocycles. The van der Waals surface area contributed by atoms with Crippen molar-refractivity contribution in [3.8, 4) is 0 Å².